The van der Waals surface area contributed by atoms with Gasteiger partial charge in [-0.25, -0.2) is 4.98 Å². The Kier molecular flexibility index (Phi) is 4.27. The Bertz CT molecular complexity index is 403. The number of carbonyl (C=O) groups is 1. The Labute approximate surface area is 103 Å². The lowest BCUT2D eigenvalue weighted by Crippen LogP contribution is -2.22. The van der Waals surface area contributed by atoms with Crippen molar-refractivity contribution < 1.29 is 18.0 Å². The maximum atomic E-state index is 12.0. The number of Topliss-reactive ketones (excluding diaryl/α,β-unsaturated/α-hetero) is 1. The van der Waals surface area contributed by atoms with Gasteiger partial charge in [-0.3, -0.25) is 4.79 Å². The molecule has 0 aromatic carbocycles. The van der Waals surface area contributed by atoms with Gasteiger partial charge >= 0.3 is 6.18 Å². The number of halogens is 4. The standard InChI is InChI=1S/C9H6F3IN2O/c10-9(11,12)8(16)6(13)5-15-7-3-1-2-4-14-7/h1-5H,(H,14,15)/b6-5-. The summed E-state index contributed by atoms with van der Waals surface area (Å²) in [6.45, 7) is 0. The van der Waals surface area contributed by atoms with E-state index in [4.69, 9.17) is 0 Å². The Morgan fingerprint density at radius 3 is 2.62 bits per heavy atom. The summed E-state index contributed by atoms with van der Waals surface area (Å²) in [7, 11) is 0. The van der Waals surface area contributed by atoms with E-state index >= 15 is 0 Å². The molecule has 0 unspecified atom stereocenters. The van der Waals surface area contributed by atoms with Crippen LogP contribution in [-0.2, 0) is 4.79 Å². The molecule has 86 valence electrons. The van der Waals surface area contributed by atoms with Gasteiger partial charge in [0.05, 0.1) is 3.58 Å². The van der Waals surface area contributed by atoms with E-state index in [0.717, 1.165) is 6.20 Å². The van der Waals surface area contributed by atoms with Crippen LogP contribution in [-0.4, -0.2) is 16.9 Å². The number of rotatable bonds is 3. The molecule has 1 aromatic rings. The van der Waals surface area contributed by atoms with Gasteiger partial charge < -0.3 is 5.32 Å². The van der Waals surface area contributed by atoms with Crippen molar-refractivity contribution >= 4 is 34.2 Å². The lowest BCUT2D eigenvalue weighted by atomic mass is 10.4. The molecule has 1 aromatic heterocycles. The topological polar surface area (TPSA) is 42.0 Å². The summed E-state index contributed by atoms with van der Waals surface area (Å²) >= 11 is 1.32. The summed E-state index contributed by atoms with van der Waals surface area (Å²) in [5.74, 6) is -1.51. The molecular weight excluding hydrogens is 336 g/mol. The second-order valence-corrected chi connectivity index (χ2v) is 3.84. The average Bonchev–Trinajstić information content (AvgIpc) is 2.25. The van der Waals surface area contributed by atoms with Gasteiger partial charge in [-0.1, -0.05) is 6.07 Å². The molecule has 0 atom stereocenters. The van der Waals surface area contributed by atoms with Crippen LogP contribution in [0.5, 0.6) is 0 Å². The number of pyridine rings is 1. The third-order valence-corrected chi connectivity index (χ3v) is 2.29. The first-order valence-corrected chi connectivity index (χ1v) is 5.14. The van der Waals surface area contributed by atoms with Crippen molar-refractivity contribution in [1.82, 2.24) is 4.98 Å². The molecule has 0 aliphatic rings. The molecule has 16 heavy (non-hydrogen) atoms. The van der Waals surface area contributed by atoms with Crippen molar-refractivity contribution in [2.24, 2.45) is 0 Å². The van der Waals surface area contributed by atoms with E-state index < -0.39 is 15.5 Å². The van der Waals surface area contributed by atoms with Crippen molar-refractivity contribution in [3.63, 3.8) is 0 Å². The zero-order valence-electron chi connectivity index (χ0n) is 7.75. The quantitative estimate of drug-likeness (QED) is 0.679. The molecule has 0 amide bonds. The van der Waals surface area contributed by atoms with Crippen molar-refractivity contribution in [3.05, 3.63) is 34.2 Å². The van der Waals surface area contributed by atoms with Crippen LogP contribution in [0.15, 0.2) is 34.2 Å². The number of carbonyl (C=O) groups excluding carboxylic acids is 1. The first kappa shape index (κ1) is 12.9. The molecule has 0 aliphatic heterocycles. The number of anilines is 1. The molecule has 0 bridgehead atoms. The highest BCUT2D eigenvalue weighted by Gasteiger charge is 2.39. The van der Waals surface area contributed by atoms with Gasteiger partial charge in [0.15, 0.2) is 0 Å². The molecule has 0 fully saturated rings. The Balaban J connectivity index is 2.69. The van der Waals surface area contributed by atoms with Gasteiger partial charge in [0, 0.05) is 12.4 Å². The number of alkyl halides is 3. The highest BCUT2D eigenvalue weighted by Crippen LogP contribution is 2.23. The molecule has 0 aliphatic carbocycles. The maximum absolute atomic E-state index is 12.0. The van der Waals surface area contributed by atoms with Gasteiger partial charge in [-0.2, -0.15) is 13.2 Å². The van der Waals surface area contributed by atoms with Crippen LogP contribution in [0.25, 0.3) is 0 Å². The molecule has 1 N–H and O–H groups in total. The van der Waals surface area contributed by atoms with Crippen LogP contribution in [0.1, 0.15) is 0 Å². The van der Waals surface area contributed by atoms with Crippen molar-refractivity contribution in [3.8, 4) is 0 Å². The van der Waals surface area contributed by atoms with Crippen LogP contribution >= 0.6 is 22.6 Å². The first-order chi connectivity index (χ1) is 7.41. The minimum absolute atomic E-state index is 0.367. The number of hydrogen-bond acceptors (Lipinski definition) is 3. The molecule has 3 nitrogen and oxygen atoms in total. The van der Waals surface area contributed by atoms with Crippen LogP contribution < -0.4 is 5.32 Å². The molecule has 7 heteroatoms. The third-order valence-electron chi connectivity index (χ3n) is 1.49. The number of ketones is 1. The SMILES string of the molecule is O=C(/C(I)=C/Nc1ccccn1)C(F)(F)F. The monoisotopic (exact) mass is 342 g/mol. The molecule has 0 spiro atoms. The van der Waals surface area contributed by atoms with Gasteiger partial charge in [-0.15, -0.1) is 0 Å². The average molecular weight is 342 g/mol. The maximum Gasteiger partial charge on any atom is 0.455 e. The summed E-state index contributed by atoms with van der Waals surface area (Å²) in [4.78, 5) is 14.5. The Morgan fingerprint density at radius 2 is 2.12 bits per heavy atom. The Morgan fingerprint density at radius 1 is 1.44 bits per heavy atom. The van der Waals surface area contributed by atoms with Crippen molar-refractivity contribution in [2.75, 3.05) is 5.32 Å². The summed E-state index contributed by atoms with van der Waals surface area (Å²) in [6, 6.07) is 4.90. The van der Waals surface area contributed by atoms with Gasteiger partial charge in [0.25, 0.3) is 5.78 Å². The molecule has 1 heterocycles. The van der Waals surface area contributed by atoms with E-state index in [1.165, 1.54) is 28.8 Å². The van der Waals surface area contributed by atoms with Crippen LogP contribution in [0.3, 0.4) is 0 Å². The summed E-state index contributed by atoms with van der Waals surface area (Å²) in [5, 5.41) is 2.50. The van der Waals surface area contributed by atoms with E-state index in [0.29, 0.717) is 5.82 Å². The highest BCUT2D eigenvalue weighted by atomic mass is 127. The van der Waals surface area contributed by atoms with Crippen molar-refractivity contribution in [2.45, 2.75) is 6.18 Å². The highest BCUT2D eigenvalue weighted by molar-refractivity contribution is 14.1. The first-order valence-electron chi connectivity index (χ1n) is 4.06. The fourth-order valence-electron chi connectivity index (χ4n) is 0.786. The molecule has 0 radical (unpaired) electrons. The second-order valence-electron chi connectivity index (χ2n) is 2.68. The number of allylic oxidation sites excluding steroid dienone is 1. The van der Waals surface area contributed by atoms with E-state index in [1.54, 1.807) is 18.2 Å². The van der Waals surface area contributed by atoms with E-state index in [2.05, 4.69) is 10.3 Å². The number of aromatic nitrogens is 1. The number of hydrogen-bond donors (Lipinski definition) is 1. The second kappa shape index (κ2) is 5.28. The molecule has 0 saturated heterocycles. The predicted octanol–water partition coefficient (Wildman–Crippen LogP) is 2.90. The van der Waals surface area contributed by atoms with Gasteiger partial charge in [-0.05, 0) is 34.7 Å². The summed E-state index contributed by atoms with van der Waals surface area (Å²) in [6.07, 6.45) is -2.40. The zero-order chi connectivity index (χ0) is 12.2. The fourth-order valence-corrected chi connectivity index (χ4v) is 1.25. The fraction of sp³-hybridized carbons (Fsp3) is 0.111. The summed E-state index contributed by atoms with van der Waals surface area (Å²) in [5.41, 5.74) is 0. The lowest BCUT2D eigenvalue weighted by Gasteiger charge is -2.04. The summed E-state index contributed by atoms with van der Waals surface area (Å²) < 4.78 is 35.5. The van der Waals surface area contributed by atoms with E-state index in [-0.39, 0.29) is 0 Å². The minimum atomic E-state index is -4.85. The largest absolute Gasteiger partial charge is 0.455 e. The molecular formula is C9H6F3IN2O. The molecule has 0 saturated carbocycles. The van der Waals surface area contributed by atoms with Crippen LogP contribution in [0, 0.1) is 0 Å². The van der Waals surface area contributed by atoms with Crippen LogP contribution in [0.4, 0.5) is 19.0 Å². The van der Waals surface area contributed by atoms with Crippen LogP contribution in [0.2, 0.25) is 0 Å². The smallest absolute Gasteiger partial charge is 0.345 e. The zero-order valence-corrected chi connectivity index (χ0v) is 9.91. The van der Waals surface area contributed by atoms with E-state index in [9.17, 15) is 18.0 Å². The minimum Gasteiger partial charge on any atom is -0.345 e. The third kappa shape index (κ3) is 3.80. The van der Waals surface area contributed by atoms with E-state index in [1.807, 2.05) is 0 Å². The van der Waals surface area contributed by atoms with Gasteiger partial charge in [0.1, 0.15) is 5.82 Å². The normalized spacial score (nSPS) is 12.4. The Hall–Kier alpha value is -1.12. The van der Waals surface area contributed by atoms with Crippen molar-refractivity contribution in [1.29, 1.82) is 0 Å². The van der Waals surface area contributed by atoms with Gasteiger partial charge in [0.2, 0.25) is 0 Å². The number of nitrogens with zero attached hydrogens (tertiary/aromatic N) is 1. The number of nitrogens with one attached hydrogen (secondary N) is 1. The lowest BCUT2D eigenvalue weighted by molar-refractivity contribution is -0.165. The molecule has 1 rings (SSSR count). The predicted molar refractivity (Wildman–Crippen MR) is 61.0 cm³/mol.